The predicted octanol–water partition coefficient (Wildman–Crippen LogP) is 1.03. The summed E-state index contributed by atoms with van der Waals surface area (Å²) in [5.41, 5.74) is 2.34. The summed E-state index contributed by atoms with van der Waals surface area (Å²) in [6, 6.07) is 0. The van der Waals surface area contributed by atoms with Gasteiger partial charge in [-0.05, 0) is 22.9 Å². The molecule has 7 nitrogen and oxygen atoms in total. The van der Waals surface area contributed by atoms with Crippen LogP contribution in [0, 0.1) is 6.92 Å². The molecule has 23 heavy (non-hydrogen) atoms. The Kier molecular flexibility index (Phi) is 4.82. The number of halogens is 1. The van der Waals surface area contributed by atoms with Gasteiger partial charge < -0.3 is 4.90 Å². The van der Waals surface area contributed by atoms with E-state index in [0.29, 0.717) is 6.54 Å². The summed E-state index contributed by atoms with van der Waals surface area (Å²) in [7, 11) is 1.95. The molecule has 124 valence electrons. The lowest BCUT2D eigenvalue weighted by Gasteiger charge is -2.34. The molecule has 0 aliphatic carbocycles. The van der Waals surface area contributed by atoms with Gasteiger partial charge in [-0.3, -0.25) is 19.1 Å². The third kappa shape index (κ3) is 4.00. The Morgan fingerprint density at radius 3 is 2.57 bits per heavy atom. The van der Waals surface area contributed by atoms with E-state index in [2.05, 4.69) is 37.2 Å². The van der Waals surface area contributed by atoms with Crippen molar-refractivity contribution in [3.05, 3.63) is 34.3 Å². The van der Waals surface area contributed by atoms with Gasteiger partial charge in [0.25, 0.3) is 0 Å². The quantitative estimate of drug-likeness (QED) is 0.794. The van der Waals surface area contributed by atoms with Gasteiger partial charge in [0.15, 0.2) is 0 Å². The van der Waals surface area contributed by atoms with Crippen LogP contribution in [0.25, 0.3) is 0 Å². The third-order valence-electron chi connectivity index (χ3n) is 4.13. The van der Waals surface area contributed by atoms with Crippen LogP contribution >= 0.6 is 15.9 Å². The monoisotopic (exact) mass is 380 g/mol. The van der Waals surface area contributed by atoms with Crippen LogP contribution in [0.2, 0.25) is 0 Å². The molecule has 1 aliphatic rings. The highest BCUT2D eigenvalue weighted by Gasteiger charge is 2.22. The Balaban J connectivity index is 1.50. The summed E-state index contributed by atoms with van der Waals surface area (Å²) in [5.74, 6) is 0.123. The van der Waals surface area contributed by atoms with Crippen LogP contribution in [-0.2, 0) is 24.9 Å². The zero-order chi connectivity index (χ0) is 16.4. The molecule has 8 heteroatoms. The Bertz CT molecular complexity index is 686. The van der Waals surface area contributed by atoms with E-state index in [4.69, 9.17) is 0 Å². The van der Waals surface area contributed by atoms with Crippen LogP contribution in [0.1, 0.15) is 11.3 Å². The van der Waals surface area contributed by atoms with Gasteiger partial charge in [0.05, 0.1) is 16.4 Å². The van der Waals surface area contributed by atoms with E-state index in [9.17, 15) is 4.79 Å². The van der Waals surface area contributed by atoms with Crippen LogP contribution in [0.15, 0.2) is 23.1 Å². The van der Waals surface area contributed by atoms with Gasteiger partial charge in [0.1, 0.15) is 6.54 Å². The van der Waals surface area contributed by atoms with Crippen LogP contribution in [-0.4, -0.2) is 61.4 Å². The molecule has 3 rings (SSSR count). The lowest BCUT2D eigenvalue weighted by atomic mass is 10.2. The highest BCUT2D eigenvalue weighted by molar-refractivity contribution is 9.10. The van der Waals surface area contributed by atoms with Gasteiger partial charge in [-0.1, -0.05) is 0 Å². The molecule has 1 amide bonds. The number of rotatable bonds is 4. The highest BCUT2D eigenvalue weighted by Crippen LogP contribution is 2.12. The van der Waals surface area contributed by atoms with Crippen molar-refractivity contribution in [2.24, 2.45) is 7.05 Å². The molecule has 0 N–H and O–H groups in total. The third-order valence-corrected chi connectivity index (χ3v) is 4.54. The molecule has 2 aromatic heterocycles. The van der Waals surface area contributed by atoms with Crippen molar-refractivity contribution in [2.45, 2.75) is 20.0 Å². The molecule has 1 fully saturated rings. The van der Waals surface area contributed by atoms with Gasteiger partial charge in [-0.15, -0.1) is 0 Å². The molecule has 0 spiro atoms. The van der Waals surface area contributed by atoms with E-state index >= 15 is 0 Å². The number of hydrogen-bond donors (Lipinski definition) is 0. The minimum Gasteiger partial charge on any atom is -0.339 e. The first-order chi connectivity index (χ1) is 11.0. The Morgan fingerprint density at radius 1 is 1.26 bits per heavy atom. The molecule has 2 aromatic rings. The summed E-state index contributed by atoms with van der Waals surface area (Å²) in [6.45, 7) is 6.55. The highest BCUT2D eigenvalue weighted by atomic mass is 79.9. The lowest BCUT2D eigenvalue weighted by Crippen LogP contribution is -2.49. The second kappa shape index (κ2) is 6.84. The maximum Gasteiger partial charge on any atom is 0.244 e. The summed E-state index contributed by atoms with van der Waals surface area (Å²) in [6.07, 6.45) is 5.59. The molecule has 1 saturated heterocycles. The fourth-order valence-electron chi connectivity index (χ4n) is 2.86. The molecule has 0 saturated carbocycles. The van der Waals surface area contributed by atoms with E-state index in [1.165, 1.54) is 5.56 Å². The van der Waals surface area contributed by atoms with Crippen molar-refractivity contribution in [1.82, 2.24) is 29.4 Å². The normalized spacial score (nSPS) is 16.0. The number of aromatic nitrogens is 4. The molecule has 0 radical (unpaired) electrons. The first-order valence-corrected chi connectivity index (χ1v) is 8.48. The first-order valence-electron chi connectivity index (χ1n) is 7.68. The van der Waals surface area contributed by atoms with Gasteiger partial charge in [0, 0.05) is 57.7 Å². The van der Waals surface area contributed by atoms with Gasteiger partial charge in [-0.25, -0.2) is 0 Å². The van der Waals surface area contributed by atoms with Crippen molar-refractivity contribution in [3.8, 4) is 0 Å². The van der Waals surface area contributed by atoms with Crippen LogP contribution in [0.4, 0.5) is 0 Å². The number of piperazine rings is 1. The molecule has 3 heterocycles. The minimum atomic E-state index is 0.123. The average Bonchev–Trinajstić information content (AvgIpc) is 3.05. The zero-order valence-corrected chi connectivity index (χ0v) is 15.0. The molecule has 0 aromatic carbocycles. The minimum absolute atomic E-state index is 0.123. The van der Waals surface area contributed by atoms with E-state index in [1.807, 2.05) is 29.7 Å². The number of amides is 1. The predicted molar refractivity (Wildman–Crippen MR) is 89.7 cm³/mol. The average molecular weight is 381 g/mol. The topological polar surface area (TPSA) is 59.2 Å². The Labute approximate surface area is 144 Å². The van der Waals surface area contributed by atoms with Gasteiger partial charge >= 0.3 is 0 Å². The number of nitrogens with zero attached hydrogens (tertiary/aromatic N) is 6. The fourth-order valence-corrected chi connectivity index (χ4v) is 3.19. The van der Waals surface area contributed by atoms with Gasteiger partial charge in [-0.2, -0.15) is 10.2 Å². The van der Waals surface area contributed by atoms with Crippen molar-refractivity contribution in [3.63, 3.8) is 0 Å². The van der Waals surface area contributed by atoms with Gasteiger partial charge in [0.2, 0.25) is 5.91 Å². The first kappa shape index (κ1) is 16.2. The standard InChI is InChI=1S/C15H21BrN6O/c1-12-13(8-19(2)18-12)9-20-3-5-21(6-4-20)15(23)11-22-10-14(16)7-17-22/h7-8,10H,3-6,9,11H2,1-2H3. The maximum atomic E-state index is 12.3. The molecular formula is C15H21BrN6O. The van der Waals surface area contributed by atoms with E-state index in [-0.39, 0.29) is 5.91 Å². The second-order valence-corrected chi connectivity index (χ2v) is 6.84. The molecule has 0 unspecified atom stereocenters. The van der Waals surface area contributed by atoms with E-state index < -0.39 is 0 Å². The van der Waals surface area contributed by atoms with Crippen molar-refractivity contribution in [1.29, 1.82) is 0 Å². The molecule has 0 atom stereocenters. The van der Waals surface area contributed by atoms with Crippen LogP contribution < -0.4 is 0 Å². The van der Waals surface area contributed by atoms with Crippen molar-refractivity contribution >= 4 is 21.8 Å². The second-order valence-electron chi connectivity index (χ2n) is 5.93. The van der Waals surface area contributed by atoms with Crippen LogP contribution in [0.3, 0.4) is 0 Å². The Hall–Kier alpha value is -1.67. The summed E-state index contributed by atoms with van der Waals surface area (Å²) >= 11 is 3.34. The smallest absolute Gasteiger partial charge is 0.244 e. The molecule has 0 bridgehead atoms. The van der Waals surface area contributed by atoms with E-state index in [0.717, 1.165) is 42.9 Å². The van der Waals surface area contributed by atoms with Crippen LogP contribution in [0.5, 0.6) is 0 Å². The Morgan fingerprint density at radius 2 is 2.00 bits per heavy atom. The number of carbonyl (C=O) groups is 1. The fraction of sp³-hybridized carbons (Fsp3) is 0.533. The number of carbonyl (C=O) groups excluding carboxylic acids is 1. The SMILES string of the molecule is Cc1nn(C)cc1CN1CCN(C(=O)Cn2cc(Br)cn2)CC1. The van der Waals surface area contributed by atoms with Crippen molar-refractivity contribution < 1.29 is 4.79 Å². The molecular weight excluding hydrogens is 360 g/mol. The summed E-state index contributed by atoms with van der Waals surface area (Å²) in [4.78, 5) is 16.6. The maximum absolute atomic E-state index is 12.3. The summed E-state index contributed by atoms with van der Waals surface area (Å²) < 4.78 is 4.41. The van der Waals surface area contributed by atoms with Crippen molar-refractivity contribution in [2.75, 3.05) is 26.2 Å². The summed E-state index contributed by atoms with van der Waals surface area (Å²) in [5, 5.41) is 8.52. The number of hydrogen-bond acceptors (Lipinski definition) is 4. The van der Waals surface area contributed by atoms with E-state index in [1.54, 1.807) is 10.9 Å². The molecule has 1 aliphatic heterocycles. The largest absolute Gasteiger partial charge is 0.339 e. The number of aryl methyl sites for hydroxylation is 2. The zero-order valence-electron chi connectivity index (χ0n) is 13.4. The lowest BCUT2D eigenvalue weighted by molar-refractivity contribution is -0.133.